The second kappa shape index (κ2) is 8.30. The SMILES string of the molecule is CC(C)(c1ccccc1)c1ccc(OC(=O)c2ccc(N3C(=O)[C@H]4[C@H](C3=O)[C@H]3C=C[C@H]4C3)cc2)cc1. The predicted octanol–water partition coefficient (Wildman–Crippen LogP) is 5.54. The molecule has 1 heterocycles. The molecule has 1 aliphatic heterocycles. The summed E-state index contributed by atoms with van der Waals surface area (Å²) in [5.41, 5.74) is 3.00. The van der Waals surface area contributed by atoms with Gasteiger partial charge in [-0.3, -0.25) is 14.5 Å². The van der Waals surface area contributed by atoms with E-state index in [4.69, 9.17) is 4.74 Å². The molecule has 5 heteroatoms. The maximum atomic E-state index is 13.0. The van der Waals surface area contributed by atoms with Gasteiger partial charge in [0.25, 0.3) is 0 Å². The van der Waals surface area contributed by atoms with Crippen LogP contribution in [0.2, 0.25) is 0 Å². The van der Waals surface area contributed by atoms with Crippen molar-refractivity contribution in [3.8, 4) is 5.75 Å². The van der Waals surface area contributed by atoms with Gasteiger partial charge in [0.1, 0.15) is 5.75 Å². The van der Waals surface area contributed by atoms with Gasteiger partial charge in [-0.15, -0.1) is 0 Å². The first kappa shape index (κ1) is 22.5. The number of carbonyl (C=O) groups is 3. The first-order chi connectivity index (χ1) is 17.3. The highest BCUT2D eigenvalue weighted by Crippen LogP contribution is 2.53. The minimum atomic E-state index is -0.491. The summed E-state index contributed by atoms with van der Waals surface area (Å²) in [5.74, 6) is -0.446. The fraction of sp³-hybridized carbons (Fsp3) is 0.258. The fourth-order valence-corrected chi connectivity index (χ4v) is 6.03. The number of allylic oxidation sites excluding steroid dienone is 2. The van der Waals surface area contributed by atoms with Gasteiger partial charge in [-0.1, -0.05) is 68.5 Å². The summed E-state index contributed by atoms with van der Waals surface area (Å²) >= 11 is 0. The summed E-state index contributed by atoms with van der Waals surface area (Å²) in [4.78, 5) is 40.1. The zero-order valence-electron chi connectivity index (χ0n) is 20.3. The van der Waals surface area contributed by atoms with Gasteiger partial charge in [0.05, 0.1) is 23.1 Å². The van der Waals surface area contributed by atoms with Crippen LogP contribution in [0.5, 0.6) is 5.75 Å². The predicted molar refractivity (Wildman–Crippen MR) is 137 cm³/mol. The minimum absolute atomic E-state index is 0.129. The molecular formula is C31H27NO4. The molecule has 36 heavy (non-hydrogen) atoms. The number of imide groups is 1. The van der Waals surface area contributed by atoms with Crippen LogP contribution < -0.4 is 9.64 Å². The molecule has 2 aliphatic carbocycles. The van der Waals surface area contributed by atoms with E-state index in [2.05, 4.69) is 38.1 Å². The van der Waals surface area contributed by atoms with Gasteiger partial charge < -0.3 is 4.74 Å². The largest absolute Gasteiger partial charge is 0.423 e. The highest BCUT2D eigenvalue weighted by atomic mass is 16.5. The van der Waals surface area contributed by atoms with E-state index < -0.39 is 5.97 Å². The van der Waals surface area contributed by atoms with Crippen LogP contribution in [0.25, 0.3) is 0 Å². The maximum Gasteiger partial charge on any atom is 0.343 e. The summed E-state index contributed by atoms with van der Waals surface area (Å²) in [6, 6.07) is 24.3. The molecule has 3 aliphatic rings. The van der Waals surface area contributed by atoms with E-state index in [0.29, 0.717) is 17.0 Å². The Morgan fingerprint density at radius 3 is 1.92 bits per heavy atom. The molecule has 2 amide bonds. The molecule has 0 aromatic heterocycles. The van der Waals surface area contributed by atoms with Crippen LogP contribution in [-0.2, 0) is 15.0 Å². The monoisotopic (exact) mass is 477 g/mol. The number of rotatable bonds is 5. The van der Waals surface area contributed by atoms with E-state index in [0.717, 1.165) is 12.0 Å². The van der Waals surface area contributed by atoms with Crippen LogP contribution in [0.1, 0.15) is 41.8 Å². The number of anilines is 1. The van der Waals surface area contributed by atoms with Crippen molar-refractivity contribution >= 4 is 23.5 Å². The van der Waals surface area contributed by atoms with Gasteiger partial charge in [-0.2, -0.15) is 0 Å². The molecule has 5 nitrogen and oxygen atoms in total. The van der Waals surface area contributed by atoms with Gasteiger partial charge in [0.15, 0.2) is 0 Å². The quantitative estimate of drug-likeness (QED) is 0.209. The number of hydrogen-bond donors (Lipinski definition) is 0. The lowest BCUT2D eigenvalue weighted by Crippen LogP contribution is -2.32. The molecule has 1 saturated heterocycles. The molecule has 2 fully saturated rings. The van der Waals surface area contributed by atoms with Crippen molar-refractivity contribution in [3.63, 3.8) is 0 Å². The second-order valence-corrected chi connectivity index (χ2v) is 10.5. The van der Waals surface area contributed by atoms with Crippen LogP contribution in [-0.4, -0.2) is 17.8 Å². The standard InChI is InChI=1S/C31H27NO4/c1-31(2,22-6-4-3-5-7-22)23-12-16-25(17-13-23)36-30(35)19-10-14-24(15-11-19)32-28(33)26-20-8-9-21(18-20)27(26)29(32)34/h3-17,20-21,26-27H,18H2,1-2H3/t20-,21-,26+,27+/m0/s1. The molecular weight excluding hydrogens is 450 g/mol. The molecule has 3 aromatic rings. The molecule has 1 saturated carbocycles. The van der Waals surface area contributed by atoms with Crippen LogP contribution >= 0.6 is 0 Å². The van der Waals surface area contributed by atoms with E-state index in [1.165, 1.54) is 10.5 Å². The summed E-state index contributed by atoms with van der Waals surface area (Å²) < 4.78 is 5.58. The average molecular weight is 478 g/mol. The van der Waals surface area contributed by atoms with E-state index in [1.807, 2.05) is 30.3 Å². The number of fused-ring (bicyclic) bond motifs is 5. The first-order valence-corrected chi connectivity index (χ1v) is 12.4. The normalized spacial score (nSPS) is 24.3. The third kappa shape index (κ3) is 3.49. The summed E-state index contributed by atoms with van der Waals surface area (Å²) in [7, 11) is 0. The van der Waals surface area contributed by atoms with Crippen molar-refractivity contribution < 1.29 is 19.1 Å². The molecule has 0 radical (unpaired) electrons. The van der Waals surface area contributed by atoms with Crippen LogP contribution in [0.15, 0.2) is 91.0 Å². The van der Waals surface area contributed by atoms with Crippen molar-refractivity contribution in [2.75, 3.05) is 4.90 Å². The van der Waals surface area contributed by atoms with E-state index in [9.17, 15) is 14.4 Å². The molecule has 180 valence electrons. The number of amides is 2. The lowest BCUT2D eigenvalue weighted by atomic mass is 9.78. The number of esters is 1. The summed E-state index contributed by atoms with van der Waals surface area (Å²) in [5, 5.41) is 0. The molecule has 0 spiro atoms. The van der Waals surface area contributed by atoms with Crippen molar-refractivity contribution in [1.82, 2.24) is 0 Å². The highest BCUT2D eigenvalue weighted by molar-refractivity contribution is 6.22. The lowest BCUT2D eigenvalue weighted by molar-refractivity contribution is -0.123. The Labute approximate surface area is 210 Å². The molecule has 0 N–H and O–H groups in total. The summed E-state index contributed by atoms with van der Waals surface area (Å²) in [6.07, 6.45) is 5.06. The average Bonchev–Trinajstić information content (AvgIpc) is 3.58. The Morgan fingerprint density at radius 1 is 0.778 bits per heavy atom. The van der Waals surface area contributed by atoms with Crippen LogP contribution in [0.3, 0.4) is 0 Å². The maximum absolute atomic E-state index is 13.0. The smallest absolute Gasteiger partial charge is 0.343 e. The Balaban J connectivity index is 1.14. The Morgan fingerprint density at radius 2 is 1.33 bits per heavy atom. The second-order valence-electron chi connectivity index (χ2n) is 10.5. The van der Waals surface area contributed by atoms with Crippen molar-refractivity contribution in [3.05, 3.63) is 108 Å². The molecule has 2 bridgehead atoms. The summed E-state index contributed by atoms with van der Waals surface area (Å²) in [6.45, 7) is 4.32. The number of carbonyl (C=O) groups excluding carboxylic acids is 3. The van der Waals surface area contributed by atoms with Gasteiger partial charge in [-0.05, 0) is 65.8 Å². The molecule has 4 atom stereocenters. The third-order valence-electron chi connectivity index (χ3n) is 8.11. The van der Waals surface area contributed by atoms with Crippen molar-refractivity contribution in [1.29, 1.82) is 0 Å². The van der Waals surface area contributed by atoms with E-state index in [-0.39, 0.29) is 40.9 Å². The topological polar surface area (TPSA) is 63.7 Å². The van der Waals surface area contributed by atoms with Gasteiger partial charge in [0, 0.05) is 5.41 Å². The number of ether oxygens (including phenoxy) is 1. The number of hydrogen-bond acceptors (Lipinski definition) is 4. The van der Waals surface area contributed by atoms with Gasteiger partial charge >= 0.3 is 5.97 Å². The number of benzene rings is 3. The minimum Gasteiger partial charge on any atom is -0.423 e. The van der Waals surface area contributed by atoms with E-state index in [1.54, 1.807) is 36.4 Å². The first-order valence-electron chi connectivity index (χ1n) is 12.4. The van der Waals surface area contributed by atoms with Crippen molar-refractivity contribution in [2.24, 2.45) is 23.7 Å². The van der Waals surface area contributed by atoms with Gasteiger partial charge in [0.2, 0.25) is 11.8 Å². The van der Waals surface area contributed by atoms with Crippen LogP contribution in [0, 0.1) is 23.7 Å². The Hall–Kier alpha value is -3.99. The highest BCUT2D eigenvalue weighted by Gasteiger charge is 2.59. The van der Waals surface area contributed by atoms with Crippen molar-refractivity contribution in [2.45, 2.75) is 25.7 Å². The molecule has 0 unspecified atom stereocenters. The third-order valence-corrected chi connectivity index (χ3v) is 8.11. The van der Waals surface area contributed by atoms with Gasteiger partial charge in [-0.25, -0.2) is 4.79 Å². The number of nitrogens with zero attached hydrogens (tertiary/aromatic N) is 1. The fourth-order valence-electron chi connectivity index (χ4n) is 6.03. The molecule has 3 aromatic carbocycles. The lowest BCUT2D eigenvalue weighted by Gasteiger charge is -2.26. The van der Waals surface area contributed by atoms with E-state index >= 15 is 0 Å². The zero-order valence-corrected chi connectivity index (χ0v) is 20.3. The molecule has 6 rings (SSSR count). The Bertz CT molecular complexity index is 1340. The Kier molecular flexibility index (Phi) is 5.18. The zero-order chi connectivity index (χ0) is 25.0. The van der Waals surface area contributed by atoms with Crippen LogP contribution in [0.4, 0.5) is 5.69 Å².